The van der Waals surface area contributed by atoms with Crippen molar-refractivity contribution < 1.29 is 9.53 Å². The topological polar surface area (TPSA) is 76.1 Å². The molecule has 128 valence electrons. The van der Waals surface area contributed by atoms with E-state index in [4.69, 9.17) is 4.74 Å². The molecule has 0 aliphatic rings. The molecule has 3 rings (SSSR count). The highest BCUT2D eigenvalue weighted by atomic mass is 32.1. The van der Waals surface area contributed by atoms with Gasteiger partial charge in [-0.2, -0.15) is 0 Å². The van der Waals surface area contributed by atoms with Crippen LogP contribution in [0.2, 0.25) is 0 Å². The Labute approximate surface area is 150 Å². The molecule has 0 spiro atoms. The average molecular weight is 354 g/mol. The maximum Gasteiger partial charge on any atom is 0.315 e. The molecule has 0 aliphatic carbocycles. The van der Waals surface area contributed by atoms with Crippen molar-refractivity contribution >= 4 is 17.6 Å². The van der Waals surface area contributed by atoms with E-state index in [0.29, 0.717) is 13.1 Å². The van der Waals surface area contributed by atoms with Gasteiger partial charge in [-0.3, -0.25) is 0 Å². The van der Waals surface area contributed by atoms with Crippen molar-refractivity contribution in [2.45, 2.75) is 20.0 Å². The smallest absolute Gasteiger partial charge is 0.315 e. The van der Waals surface area contributed by atoms with E-state index in [0.717, 1.165) is 27.6 Å². The van der Waals surface area contributed by atoms with Crippen molar-refractivity contribution in [1.82, 2.24) is 20.2 Å². The molecular weight excluding hydrogens is 336 g/mol. The molecule has 0 atom stereocenters. The lowest BCUT2D eigenvalue weighted by molar-refractivity contribution is 0.240. The summed E-state index contributed by atoms with van der Waals surface area (Å²) in [4.78, 5) is 12.9. The fraction of sp³-hybridized carbons (Fsp3) is 0.167. The second-order valence-corrected chi connectivity index (χ2v) is 6.22. The van der Waals surface area contributed by atoms with Gasteiger partial charge in [0.1, 0.15) is 11.5 Å². The highest BCUT2D eigenvalue weighted by Crippen LogP contribution is 2.21. The first-order valence-corrected chi connectivity index (χ1v) is 8.59. The van der Waals surface area contributed by atoms with Crippen LogP contribution in [0.15, 0.2) is 54.6 Å². The van der Waals surface area contributed by atoms with Crippen LogP contribution in [0.1, 0.15) is 16.1 Å². The summed E-state index contributed by atoms with van der Waals surface area (Å²) in [5.74, 6) is 1.51. The Morgan fingerprint density at radius 2 is 1.80 bits per heavy atom. The van der Waals surface area contributed by atoms with Gasteiger partial charge in [0.15, 0.2) is 0 Å². The van der Waals surface area contributed by atoms with Crippen LogP contribution in [0.4, 0.5) is 4.79 Å². The van der Waals surface area contributed by atoms with E-state index in [1.807, 2.05) is 61.5 Å². The number of hydrogen-bond donors (Lipinski definition) is 2. The molecule has 1 aromatic heterocycles. The van der Waals surface area contributed by atoms with E-state index in [2.05, 4.69) is 20.2 Å². The van der Waals surface area contributed by atoms with Gasteiger partial charge in [-0.15, -0.1) is 5.10 Å². The number of amides is 2. The van der Waals surface area contributed by atoms with Gasteiger partial charge in [-0.05, 0) is 48.3 Å². The number of hydrogen-bond acceptors (Lipinski definition) is 5. The van der Waals surface area contributed by atoms with Crippen LogP contribution >= 0.6 is 11.5 Å². The lowest BCUT2D eigenvalue weighted by Crippen LogP contribution is -2.34. The van der Waals surface area contributed by atoms with Crippen molar-refractivity contribution in [3.8, 4) is 11.5 Å². The van der Waals surface area contributed by atoms with Gasteiger partial charge in [0, 0.05) is 6.54 Å². The third-order valence-corrected chi connectivity index (χ3v) is 4.31. The molecule has 0 aliphatic heterocycles. The van der Waals surface area contributed by atoms with E-state index in [-0.39, 0.29) is 6.03 Å². The van der Waals surface area contributed by atoms with Gasteiger partial charge in [0.2, 0.25) is 0 Å². The minimum absolute atomic E-state index is 0.234. The minimum Gasteiger partial charge on any atom is -0.457 e. The number of aromatic nitrogens is 2. The number of rotatable bonds is 6. The number of nitrogens with zero attached hydrogens (tertiary/aromatic N) is 2. The van der Waals surface area contributed by atoms with Crippen molar-refractivity contribution in [2.24, 2.45) is 0 Å². The Morgan fingerprint density at radius 1 is 1.04 bits per heavy atom. The Bertz CT molecular complexity index is 836. The summed E-state index contributed by atoms with van der Waals surface area (Å²) in [5.41, 5.74) is 1.80. The molecule has 3 aromatic rings. The largest absolute Gasteiger partial charge is 0.457 e. The third kappa shape index (κ3) is 5.02. The summed E-state index contributed by atoms with van der Waals surface area (Å²) in [7, 11) is 0. The lowest BCUT2D eigenvalue weighted by atomic mass is 10.2. The molecule has 0 saturated heterocycles. The molecule has 2 N–H and O–H groups in total. The van der Waals surface area contributed by atoms with Crippen molar-refractivity contribution in [3.05, 3.63) is 70.7 Å². The highest BCUT2D eigenvalue weighted by molar-refractivity contribution is 7.05. The Balaban J connectivity index is 1.50. The second kappa shape index (κ2) is 8.25. The number of benzene rings is 2. The summed E-state index contributed by atoms with van der Waals surface area (Å²) < 4.78 is 9.64. The van der Waals surface area contributed by atoms with Crippen LogP contribution in [-0.4, -0.2) is 15.6 Å². The summed E-state index contributed by atoms with van der Waals surface area (Å²) in [6.45, 7) is 2.71. The van der Waals surface area contributed by atoms with Gasteiger partial charge in [-0.1, -0.05) is 34.8 Å². The van der Waals surface area contributed by atoms with E-state index in [1.165, 1.54) is 11.5 Å². The first-order valence-electron chi connectivity index (χ1n) is 7.82. The molecule has 0 fully saturated rings. The van der Waals surface area contributed by atoms with Crippen LogP contribution in [0.25, 0.3) is 0 Å². The number of carbonyl (C=O) groups is 1. The normalized spacial score (nSPS) is 10.3. The summed E-state index contributed by atoms with van der Waals surface area (Å²) in [6, 6.07) is 17.0. The van der Waals surface area contributed by atoms with Crippen LogP contribution in [0.3, 0.4) is 0 Å². The van der Waals surface area contributed by atoms with Gasteiger partial charge in [0.05, 0.1) is 17.1 Å². The van der Waals surface area contributed by atoms with E-state index < -0.39 is 0 Å². The zero-order valence-electron chi connectivity index (χ0n) is 13.7. The minimum atomic E-state index is -0.234. The maximum atomic E-state index is 11.9. The number of ether oxygens (including phenoxy) is 1. The number of para-hydroxylation sites is 1. The van der Waals surface area contributed by atoms with Crippen LogP contribution in [0.5, 0.6) is 11.5 Å². The van der Waals surface area contributed by atoms with E-state index in [9.17, 15) is 4.79 Å². The fourth-order valence-corrected chi connectivity index (χ4v) is 2.73. The molecule has 6 nitrogen and oxygen atoms in total. The average Bonchev–Trinajstić information content (AvgIpc) is 3.04. The van der Waals surface area contributed by atoms with Crippen molar-refractivity contribution in [2.75, 3.05) is 0 Å². The SMILES string of the molecule is Cc1nnsc1CNC(=O)NCc1cccc(Oc2ccccc2)c1. The number of carbonyl (C=O) groups excluding carboxylic acids is 1. The molecule has 1 heterocycles. The molecule has 25 heavy (non-hydrogen) atoms. The number of aryl methyl sites for hydroxylation is 1. The predicted molar refractivity (Wildman–Crippen MR) is 96.7 cm³/mol. The molecule has 7 heteroatoms. The van der Waals surface area contributed by atoms with Crippen molar-refractivity contribution in [3.63, 3.8) is 0 Å². The van der Waals surface area contributed by atoms with Gasteiger partial charge >= 0.3 is 6.03 Å². The van der Waals surface area contributed by atoms with Crippen LogP contribution in [-0.2, 0) is 13.1 Å². The van der Waals surface area contributed by atoms with Gasteiger partial charge in [-0.25, -0.2) is 4.79 Å². The molecule has 0 saturated carbocycles. The zero-order chi connectivity index (χ0) is 17.5. The number of nitrogens with one attached hydrogen (secondary N) is 2. The summed E-state index contributed by atoms with van der Waals surface area (Å²) in [5, 5.41) is 9.54. The molecule has 2 aromatic carbocycles. The Hall–Kier alpha value is -2.93. The standard InChI is InChI=1S/C18H18N4O2S/c1-13-17(25-22-21-13)12-20-18(23)19-11-14-6-5-9-16(10-14)24-15-7-3-2-4-8-15/h2-10H,11-12H2,1H3,(H2,19,20,23). The molecule has 0 bridgehead atoms. The fourth-order valence-electron chi connectivity index (χ4n) is 2.16. The molecule has 0 unspecified atom stereocenters. The van der Waals surface area contributed by atoms with E-state index in [1.54, 1.807) is 0 Å². The Morgan fingerprint density at radius 3 is 2.56 bits per heavy atom. The molecular formula is C18H18N4O2S. The summed E-state index contributed by atoms with van der Waals surface area (Å²) in [6.07, 6.45) is 0. The maximum absolute atomic E-state index is 11.9. The predicted octanol–water partition coefficient (Wildman–Crippen LogP) is 3.64. The monoisotopic (exact) mass is 354 g/mol. The highest BCUT2D eigenvalue weighted by Gasteiger charge is 2.06. The first-order chi connectivity index (χ1) is 12.2. The van der Waals surface area contributed by atoms with Gasteiger partial charge in [0.25, 0.3) is 0 Å². The van der Waals surface area contributed by atoms with Crippen LogP contribution in [0, 0.1) is 6.92 Å². The third-order valence-electron chi connectivity index (χ3n) is 3.49. The quantitative estimate of drug-likeness (QED) is 0.709. The summed E-state index contributed by atoms with van der Waals surface area (Å²) >= 11 is 1.29. The lowest BCUT2D eigenvalue weighted by Gasteiger charge is -2.09. The number of urea groups is 1. The molecule has 0 radical (unpaired) electrons. The second-order valence-electron chi connectivity index (χ2n) is 5.38. The van der Waals surface area contributed by atoms with E-state index >= 15 is 0 Å². The first kappa shape index (κ1) is 16.9. The van der Waals surface area contributed by atoms with Crippen LogP contribution < -0.4 is 15.4 Å². The Kier molecular flexibility index (Phi) is 5.58. The zero-order valence-corrected chi connectivity index (χ0v) is 14.5. The molecule has 2 amide bonds. The van der Waals surface area contributed by atoms with Gasteiger partial charge < -0.3 is 15.4 Å². The van der Waals surface area contributed by atoms with Crippen molar-refractivity contribution in [1.29, 1.82) is 0 Å².